The van der Waals surface area contributed by atoms with Gasteiger partial charge in [-0.15, -0.1) is 0 Å². The van der Waals surface area contributed by atoms with Gasteiger partial charge in [0.05, 0.1) is 12.3 Å². The summed E-state index contributed by atoms with van der Waals surface area (Å²) in [5.74, 6) is -1.76. The summed E-state index contributed by atoms with van der Waals surface area (Å²) in [6.45, 7) is 0.955. The lowest BCUT2D eigenvalue weighted by Gasteiger charge is -2.32. The largest absolute Gasteiger partial charge is 0.480 e. The van der Waals surface area contributed by atoms with Crippen LogP contribution >= 0.6 is 0 Å². The van der Waals surface area contributed by atoms with Crippen LogP contribution in [0.5, 0.6) is 0 Å². The second kappa shape index (κ2) is 9.87. The van der Waals surface area contributed by atoms with Crippen molar-refractivity contribution in [2.45, 2.75) is 31.7 Å². The van der Waals surface area contributed by atoms with E-state index < -0.39 is 12.0 Å². The van der Waals surface area contributed by atoms with E-state index in [1.165, 1.54) is 0 Å². The number of carboxylic acid groups (broad SMARTS) is 1. The van der Waals surface area contributed by atoms with Crippen LogP contribution in [0.1, 0.15) is 24.0 Å². The second-order valence-electron chi connectivity index (χ2n) is 7.43. The number of benzene rings is 2. The van der Waals surface area contributed by atoms with Gasteiger partial charge in [0, 0.05) is 19.5 Å². The molecule has 0 spiro atoms. The molecule has 2 amide bonds. The summed E-state index contributed by atoms with van der Waals surface area (Å²) in [6.07, 6.45) is 1.92. The highest BCUT2D eigenvalue weighted by atomic mass is 16.4. The van der Waals surface area contributed by atoms with E-state index in [4.69, 9.17) is 0 Å². The van der Waals surface area contributed by atoms with Crippen LogP contribution in [-0.4, -0.2) is 46.9 Å². The first-order valence-corrected chi connectivity index (χ1v) is 9.91. The van der Waals surface area contributed by atoms with Crippen LogP contribution in [0.15, 0.2) is 60.7 Å². The molecule has 29 heavy (non-hydrogen) atoms. The maximum Gasteiger partial charge on any atom is 0.326 e. The van der Waals surface area contributed by atoms with E-state index in [1.54, 1.807) is 4.90 Å². The predicted octanol–water partition coefficient (Wildman–Crippen LogP) is 2.28. The minimum absolute atomic E-state index is 0.00669. The van der Waals surface area contributed by atoms with Crippen LogP contribution in [0, 0.1) is 5.92 Å². The molecule has 1 aliphatic rings. The van der Waals surface area contributed by atoms with Crippen molar-refractivity contribution >= 4 is 17.8 Å². The summed E-state index contributed by atoms with van der Waals surface area (Å²) in [5, 5.41) is 12.2. The molecule has 6 nitrogen and oxygen atoms in total. The molecule has 0 radical (unpaired) electrons. The Balaban J connectivity index is 1.58. The van der Waals surface area contributed by atoms with Gasteiger partial charge in [0.1, 0.15) is 6.04 Å². The first-order valence-electron chi connectivity index (χ1n) is 9.91. The Morgan fingerprint density at radius 1 is 1.00 bits per heavy atom. The zero-order valence-electron chi connectivity index (χ0n) is 16.3. The fourth-order valence-electron chi connectivity index (χ4n) is 3.64. The van der Waals surface area contributed by atoms with Crippen LogP contribution in [0.2, 0.25) is 0 Å². The van der Waals surface area contributed by atoms with Crippen molar-refractivity contribution in [1.82, 2.24) is 10.2 Å². The van der Waals surface area contributed by atoms with Gasteiger partial charge in [0.25, 0.3) is 0 Å². The Morgan fingerprint density at radius 2 is 1.62 bits per heavy atom. The molecule has 0 saturated carbocycles. The number of nitrogens with zero attached hydrogens (tertiary/aromatic N) is 1. The van der Waals surface area contributed by atoms with Gasteiger partial charge in [0.2, 0.25) is 11.8 Å². The zero-order valence-corrected chi connectivity index (χ0v) is 16.3. The number of carbonyl (C=O) groups excluding carboxylic acids is 2. The van der Waals surface area contributed by atoms with Crippen molar-refractivity contribution in [2.75, 3.05) is 13.1 Å². The lowest BCUT2D eigenvalue weighted by atomic mass is 9.95. The smallest absolute Gasteiger partial charge is 0.326 e. The molecule has 1 fully saturated rings. The van der Waals surface area contributed by atoms with Crippen molar-refractivity contribution in [3.63, 3.8) is 0 Å². The number of aliphatic carboxylic acids is 1. The zero-order chi connectivity index (χ0) is 20.6. The van der Waals surface area contributed by atoms with Crippen LogP contribution in [0.25, 0.3) is 0 Å². The molecule has 0 aromatic heterocycles. The summed E-state index contributed by atoms with van der Waals surface area (Å²) in [4.78, 5) is 38.7. The van der Waals surface area contributed by atoms with Crippen LogP contribution in [0.4, 0.5) is 0 Å². The molecule has 2 aromatic carbocycles. The highest BCUT2D eigenvalue weighted by Gasteiger charge is 2.31. The monoisotopic (exact) mass is 394 g/mol. The van der Waals surface area contributed by atoms with Crippen molar-refractivity contribution in [1.29, 1.82) is 0 Å². The van der Waals surface area contributed by atoms with E-state index in [0.29, 0.717) is 25.9 Å². The van der Waals surface area contributed by atoms with Gasteiger partial charge in [-0.25, -0.2) is 4.79 Å². The minimum Gasteiger partial charge on any atom is -0.480 e. The van der Waals surface area contributed by atoms with Crippen molar-refractivity contribution in [3.8, 4) is 0 Å². The standard InChI is InChI=1S/C23H26N2O4/c26-21(15-18-10-5-2-6-11-18)25-13-7-12-19(16-25)22(27)24-20(23(28)29)14-17-8-3-1-4-9-17/h1-6,8-11,19-20H,7,12-16H2,(H,24,27)(H,28,29)/t19?,20-/m1/s1. The molecule has 0 aliphatic carbocycles. The number of rotatable bonds is 7. The molecule has 2 N–H and O–H groups in total. The maximum absolute atomic E-state index is 12.7. The highest BCUT2D eigenvalue weighted by Crippen LogP contribution is 2.18. The summed E-state index contributed by atoms with van der Waals surface area (Å²) >= 11 is 0. The molecular weight excluding hydrogens is 368 g/mol. The molecule has 3 rings (SSSR count). The summed E-state index contributed by atoms with van der Waals surface area (Å²) in [6, 6.07) is 17.8. The SMILES string of the molecule is O=C(N[C@H](Cc1ccccc1)C(=O)O)C1CCCN(C(=O)Cc2ccccc2)C1. The Hall–Kier alpha value is -3.15. The first kappa shape index (κ1) is 20.6. The number of nitrogens with one attached hydrogen (secondary N) is 1. The van der Waals surface area contributed by atoms with Crippen molar-refractivity contribution < 1.29 is 19.5 Å². The van der Waals surface area contributed by atoms with Gasteiger partial charge in [-0.2, -0.15) is 0 Å². The van der Waals surface area contributed by atoms with Crippen LogP contribution < -0.4 is 5.32 Å². The molecule has 1 saturated heterocycles. The number of likely N-dealkylation sites (tertiary alicyclic amines) is 1. The molecular formula is C23H26N2O4. The van der Waals surface area contributed by atoms with E-state index in [9.17, 15) is 19.5 Å². The van der Waals surface area contributed by atoms with Crippen LogP contribution in [-0.2, 0) is 27.2 Å². The van der Waals surface area contributed by atoms with Crippen molar-refractivity contribution in [3.05, 3.63) is 71.8 Å². The third-order valence-corrected chi connectivity index (χ3v) is 5.24. The minimum atomic E-state index is -1.06. The second-order valence-corrected chi connectivity index (χ2v) is 7.43. The van der Waals surface area contributed by atoms with E-state index in [-0.39, 0.29) is 24.2 Å². The lowest BCUT2D eigenvalue weighted by molar-refractivity contribution is -0.143. The normalized spacial score (nSPS) is 17.4. The summed E-state index contributed by atoms with van der Waals surface area (Å²) in [7, 11) is 0. The number of piperidine rings is 1. The molecule has 0 bridgehead atoms. The summed E-state index contributed by atoms with van der Waals surface area (Å²) < 4.78 is 0. The molecule has 2 aromatic rings. The molecule has 152 valence electrons. The Labute approximate surface area is 170 Å². The Kier molecular flexibility index (Phi) is 7.00. The first-order chi connectivity index (χ1) is 14.0. The van der Waals surface area contributed by atoms with Gasteiger partial charge < -0.3 is 15.3 Å². The van der Waals surface area contributed by atoms with Gasteiger partial charge in [-0.05, 0) is 24.0 Å². The average molecular weight is 394 g/mol. The summed E-state index contributed by atoms with van der Waals surface area (Å²) in [5.41, 5.74) is 1.79. The Bertz CT molecular complexity index is 838. The number of carbonyl (C=O) groups is 3. The fraction of sp³-hybridized carbons (Fsp3) is 0.348. The molecule has 1 aliphatic heterocycles. The molecule has 2 atom stereocenters. The van der Waals surface area contributed by atoms with Crippen molar-refractivity contribution in [2.24, 2.45) is 5.92 Å². The average Bonchev–Trinajstić information content (AvgIpc) is 2.74. The van der Waals surface area contributed by atoms with E-state index in [0.717, 1.165) is 17.5 Å². The number of carboxylic acids is 1. The van der Waals surface area contributed by atoms with Gasteiger partial charge in [-0.1, -0.05) is 60.7 Å². The number of hydrogen-bond acceptors (Lipinski definition) is 3. The van der Waals surface area contributed by atoms with Gasteiger partial charge in [0.15, 0.2) is 0 Å². The maximum atomic E-state index is 12.7. The van der Waals surface area contributed by atoms with E-state index in [1.807, 2.05) is 60.7 Å². The highest BCUT2D eigenvalue weighted by molar-refractivity contribution is 5.86. The van der Waals surface area contributed by atoms with Gasteiger partial charge in [-0.3, -0.25) is 9.59 Å². The fourth-order valence-corrected chi connectivity index (χ4v) is 3.64. The quantitative estimate of drug-likeness (QED) is 0.754. The number of hydrogen-bond donors (Lipinski definition) is 2. The molecule has 1 unspecified atom stereocenters. The predicted molar refractivity (Wildman–Crippen MR) is 109 cm³/mol. The topological polar surface area (TPSA) is 86.7 Å². The molecule has 1 heterocycles. The van der Waals surface area contributed by atoms with Crippen LogP contribution in [0.3, 0.4) is 0 Å². The molecule has 6 heteroatoms. The van der Waals surface area contributed by atoms with E-state index >= 15 is 0 Å². The van der Waals surface area contributed by atoms with Gasteiger partial charge >= 0.3 is 5.97 Å². The number of amides is 2. The van der Waals surface area contributed by atoms with E-state index in [2.05, 4.69) is 5.32 Å². The third kappa shape index (κ3) is 5.91. The Morgan fingerprint density at radius 3 is 2.24 bits per heavy atom. The third-order valence-electron chi connectivity index (χ3n) is 5.24. The lowest BCUT2D eigenvalue weighted by Crippen LogP contribution is -2.50.